The summed E-state index contributed by atoms with van der Waals surface area (Å²) in [4.78, 5) is 50.3. The van der Waals surface area contributed by atoms with Crippen LogP contribution < -0.4 is 15.5 Å². The second-order valence-corrected chi connectivity index (χ2v) is 8.59. The molecule has 2 heterocycles. The molecule has 0 aromatic heterocycles. The molecule has 1 aromatic carbocycles. The number of fused-ring (bicyclic) bond motifs is 1. The summed E-state index contributed by atoms with van der Waals surface area (Å²) >= 11 is 0. The Bertz CT molecular complexity index is 901. The molecule has 0 unspecified atom stereocenters. The van der Waals surface area contributed by atoms with E-state index in [-0.39, 0.29) is 46.6 Å². The van der Waals surface area contributed by atoms with Gasteiger partial charge in [0.05, 0.1) is 22.4 Å². The minimum Gasteiger partial charge on any atom is -0.368 e. The van der Waals surface area contributed by atoms with Crippen molar-refractivity contribution in [1.82, 2.24) is 5.32 Å². The number of rotatable bonds is 4. The van der Waals surface area contributed by atoms with Crippen LogP contribution in [0.5, 0.6) is 0 Å². The Labute approximate surface area is 174 Å². The van der Waals surface area contributed by atoms with Gasteiger partial charge in [0.15, 0.2) is 0 Å². The van der Waals surface area contributed by atoms with Crippen molar-refractivity contribution in [1.29, 1.82) is 0 Å². The van der Waals surface area contributed by atoms with Crippen molar-refractivity contribution < 1.29 is 19.3 Å². The van der Waals surface area contributed by atoms with Gasteiger partial charge in [0.2, 0.25) is 17.7 Å². The maximum Gasteiger partial charge on any atom is 0.294 e. The number of carbonyl (C=O) groups excluding carboxylic acids is 3. The van der Waals surface area contributed by atoms with E-state index in [2.05, 4.69) is 17.6 Å². The lowest BCUT2D eigenvalue weighted by Crippen LogP contribution is -2.38. The van der Waals surface area contributed by atoms with E-state index in [0.717, 1.165) is 24.2 Å². The first kappa shape index (κ1) is 20.3. The standard InChI is InChI=1S/C21H26N4O5/c1-12-5-7-14-15(10-12)21(28)24(20(14)27)13-6-8-16(18(11-13)25(29)30)23-17-4-2-3-9-22-19(17)26/h6,8,11-12,14-15,17,23H,2-5,7,9-10H2,1H3,(H,22,26)/t12-,14+,15-,17+/m1/s1. The molecule has 1 aromatic rings. The quantitative estimate of drug-likeness (QED) is 0.444. The smallest absolute Gasteiger partial charge is 0.294 e. The van der Waals surface area contributed by atoms with Crippen LogP contribution in [-0.2, 0) is 14.4 Å². The molecule has 30 heavy (non-hydrogen) atoms. The molecule has 4 atom stereocenters. The average molecular weight is 414 g/mol. The molecule has 0 spiro atoms. The molecule has 3 fully saturated rings. The minimum atomic E-state index is -0.559. The van der Waals surface area contributed by atoms with Crippen LogP contribution >= 0.6 is 0 Å². The second-order valence-electron chi connectivity index (χ2n) is 8.59. The number of hydrogen-bond donors (Lipinski definition) is 2. The monoisotopic (exact) mass is 414 g/mol. The molecular weight excluding hydrogens is 388 g/mol. The van der Waals surface area contributed by atoms with Gasteiger partial charge in [-0.15, -0.1) is 0 Å². The topological polar surface area (TPSA) is 122 Å². The van der Waals surface area contributed by atoms with Gasteiger partial charge in [0, 0.05) is 12.6 Å². The lowest BCUT2D eigenvalue weighted by atomic mass is 9.76. The predicted molar refractivity (Wildman–Crippen MR) is 110 cm³/mol. The van der Waals surface area contributed by atoms with Crippen molar-refractivity contribution in [3.05, 3.63) is 28.3 Å². The molecular formula is C21H26N4O5. The molecule has 2 aliphatic heterocycles. The van der Waals surface area contributed by atoms with Crippen molar-refractivity contribution in [2.24, 2.45) is 17.8 Å². The maximum atomic E-state index is 12.9. The highest BCUT2D eigenvalue weighted by atomic mass is 16.6. The number of anilines is 2. The first-order valence-corrected chi connectivity index (χ1v) is 10.6. The van der Waals surface area contributed by atoms with Gasteiger partial charge in [-0.1, -0.05) is 6.92 Å². The van der Waals surface area contributed by atoms with Crippen LogP contribution in [-0.4, -0.2) is 35.2 Å². The van der Waals surface area contributed by atoms with Gasteiger partial charge in [-0.25, -0.2) is 4.90 Å². The lowest BCUT2D eigenvalue weighted by Gasteiger charge is -2.25. The number of nitrogens with one attached hydrogen (secondary N) is 2. The van der Waals surface area contributed by atoms with E-state index in [1.165, 1.54) is 12.1 Å². The van der Waals surface area contributed by atoms with E-state index in [9.17, 15) is 24.5 Å². The summed E-state index contributed by atoms with van der Waals surface area (Å²) in [5, 5.41) is 17.5. The first-order valence-electron chi connectivity index (χ1n) is 10.6. The summed E-state index contributed by atoms with van der Waals surface area (Å²) in [7, 11) is 0. The number of hydrogen-bond acceptors (Lipinski definition) is 6. The van der Waals surface area contributed by atoms with Crippen LogP contribution in [0.3, 0.4) is 0 Å². The van der Waals surface area contributed by atoms with Crippen molar-refractivity contribution in [3.63, 3.8) is 0 Å². The van der Waals surface area contributed by atoms with Gasteiger partial charge in [-0.2, -0.15) is 0 Å². The van der Waals surface area contributed by atoms with E-state index in [1.54, 1.807) is 6.07 Å². The van der Waals surface area contributed by atoms with Gasteiger partial charge in [-0.3, -0.25) is 24.5 Å². The molecule has 0 radical (unpaired) electrons. The third-order valence-electron chi connectivity index (χ3n) is 6.49. The molecule has 160 valence electrons. The molecule has 2 N–H and O–H groups in total. The van der Waals surface area contributed by atoms with Gasteiger partial charge >= 0.3 is 0 Å². The highest BCUT2D eigenvalue weighted by Crippen LogP contribution is 2.43. The number of benzene rings is 1. The highest BCUT2D eigenvalue weighted by Gasteiger charge is 2.50. The third-order valence-corrected chi connectivity index (χ3v) is 6.49. The van der Waals surface area contributed by atoms with Crippen molar-refractivity contribution >= 4 is 34.8 Å². The third kappa shape index (κ3) is 3.64. The summed E-state index contributed by atoms with van der Waals surface area (Å²) in [6.07, 6.45) is 4.52. The zero-order chi connectivity index (χ0) is 21.4. The van der Waals surface area contributed by atoms with Crippen LogP contribution in [0.15, 0.2) is 18.2 Å². The number of nitro benzene ring substituents is 1. The summed E-state index contributed by atoms with van der Waals surface area (Å²) in [5.74, 6) is -1.01. The number of imide groups is 1. The van der Waals surface area contributed by atoms with Crippen molar-refractivity contribution in [2.45, 2.75) is 51.5 Å². The second kappa shape index (κ2) is 8.04. The van der Waals surface area contributed by atoms with E-state index < -0.39 is 11.0 Å². The lowest BCUT2D eigenvalue weighted by molar-refractivity contribution is -0.383. The number of nitrogens with zero attached hydrogens (tertiary/aromatic N) is 2. The van der Waals surface area contributed by atoms with E-state index >= 15 is 0 Å². The van der Waals surface area contributed by atoms with Crippen molar-refractivity contribution in [2.75, 3.05) is 16.8 Å². The zero-order valence-corrected chi connectivity index (χ0v) is 16.9. The minimum absolute atomic E-state index is 0.186. The Morgan fingerprint density at radius 2 is 1.87 bits per heavy atom. The fraction of sp³-hybridized carbons (Fsp3) is 0.571. The Balaban J connectivity index is 1.62. The number of carbonyl (C=O) groups is 3. The fourth-order valence-electron chi connectivity index (χ4n) is 4.84. The number of amides is 3. The Kier molecular flexibility index (Phi) is 5.44. The van der Waals surface area contributed by atoms with E-state index in [4.69, 9.17) is 0 Å². The summed E-state index contributed by atoms with van der Waals surface area (Å²) < 4.78 is 0. The predicted octanol–water partition coefficient (Wildman–Crippen LogP) is 2.60. The molecule has 4 rings (SSSR count). The van der Waals surface area contributed by atoms with Gasteiger partial charge < -0.3 is 10.6 Å². The summed E-state index contributed by atoms with van der Waals surface area (Å²) in [5.41, 5.74) is 0.166. The Morgan fingerprint density at radius 3 is 2.63 bits per heavy atom. The Hall–Kier alpha value is -2.97. The number of nitro groups is 1. The first-order chi connectivity index (χ1) is 14.4. The van der Waals surface area contributed by atoms with E-state index in [0.29, 0.717) is 31.7 Å². The SMILES string of the molecule is C[C@@H]1CC[C@@H]2C(=O)N(c3ccc(N[C@H]4CCCCNC4=O)c([N+](=O)[O-])c3)C(=O)[C@@H]2C1. The maximum absolute atomic E-state index is 12.9. The molecule has 2 saturated heterocycles. The average Bonchev–Trinajstić information content (AvgIpc) is 2.83. The molecule has 3 aliphatic rings. The Morgan fingerprint density at radius 1 is 1.10 bits per heavy atom. The molecule has 1 aliphatic carbocycles. The molecule has 0 bridgehead atoms. The van der Waals surface area contributed by atoms with Gasteiger partial charge in [-0.05, 0) is 56.6 Å². The highest BCUT2D eigenvalue weighted by molar-refractivity contribution is 6.22. The molecule has 3 amide bonds. The zero-order valence-electron chi connectivity index (χ0n) is 16.9. The largest absolute Gasteiger partial charge is 0.368 e. The van der Waals surface area contributed by atoms with Crippen LogP contribution in [0.25, 0.3) is 0 Å². The van der Waals surface area contributed by atoms with Crippen LogP contribution in [0.2, 0.25) is 0 Å². The van der Waals surface area contributed by atoms with Crippen LogP contribution in [0.1, 0.15) is 45.4 Å². The van der Waals surface area contributed by atoms with Crippen molar-refractivity contribution in [3.8, 4) is 0 Å². The van der Waals surface area contributed by atoms with Crippen LogP contribution in [0, 0.1) is 27.9 Å². The van der Waals surface area contributed by atoms with Gasteiger partial charge in [0.1, 0.15) is 11.7 Å². The van der Waals surface area contributed by atoms with Crippen LogP contribution in [0.4, 0.5) is 17.1 Å². The molecule has 9 heteroatoms. The summed E-state index contributed by atoms with van der Waals surface area (Å²) in [6.45, 7) is 2.67. The van der Waals surface area contributed by atoms with E-state index in [1.807, 2.05) is 0 Å². The molecule has 9 nitrogen and oxygen atoms in total. The van der Waals surface area contributed by atoms with Gasteiger partial charge in [0.25, 0.3) is 5.69 Å². The summed E-state index contributed by atoms with van der Waals surface area (Å²) in [6, 6.07) is 3.72. The fourth-order valence-corrected chi connectivity index (χ4v) is 4.84. The normalized spacial score (nSPS) is 29.2. The molecule has 1 saturated carbocycles.